The minimum Gasteiger partial charge on any atom is -0.466 e. The molecule has 17 heavy (non-hydrogen) atoms. The third-order valence-corrected chi connectivity index (χ3v) is 3.66. The number of alkyl halides is 1. The number of amides is 1. The molecule has 0 aliphatic carbocycles. The van der Waals surface area contributed by atoms with Crippen LogP contribution in [0, 0.1) is 20.8 Å². The second-order valence-corrected chi connectivity index (χ2v) is 5.61. The number of hydrogen-bond acceptors (Lipinski definition) is 2. The molecule has 0 aliphatic heterocycles. The van der Waals surface area contributed by atoms with Crippen molar-refractivity contribution < 1.29 is 9.21 Å². The van der Waals surface area contributed by atoms with Gasteiger partial charge in [-0.1, -0.05) is 29.3 Å². The van der Waals surface area contributed by atoms with Crippen molar-refractivity contribution in [2.45, 2.75) is 45.4 Å². The van der Waals surface area contributed by atoms with E-state index in [9.17, 15) is 4.79 Å². The fourth-order valence-electron chi connectivity index (χ4n) is 1.83. The molecule has 96 valence electrons. The predicted molar refractivity (Wildman–Crippen MR) is 72.9 cm³/mol. The van der Waals surface area contributed by atoms with Crippen LogP contribution in [0.15, 0.2) is 4.42 Å². The number of carbonyl (C=O) groups excluding carboxylic acids is 1. The summed E-state index contributed by atoms with van der Waals surface area (Å²) in [6.07, 6.45) is 2.16. The van der Waals surface area contributed by atoms with Gasteiger partial charge < -0.3 is 9.73 Å². The number of hydrogen-bond donors (Lipinski definition) is 1. The summed E-state index contributed by atoms with van der Waals surface area (Å²) in [5.41, 5.74) is 1.61. The van der Waals surface area contributed by atoms with Crippen LogP contribution < -0.4 is 5.32 Å². The molecule has 1 heterocycles. The summed E-state index contributed by atoms with van der Waals surface area (Å²) in [5.74, 6) is 1.47. The molecule has 1 aromatic rings. The van der Waals surface area contributed by atoms with Gasteiger partial charge in [0.1, 0.15) is 11.5 Å². The van der Waals surface area contributed by atoms with Crippen molar-refractivity contribution >= 4 is 21.8 Å². The Morgan fingerprint density at radius 2 is 2.00 bits per heavy atom. The van der Waals surface area contributed by atoms with Crippen molar-refractivity contribution in [1.82, 2.24) is 5.32 Å². The molecule has 0 spiro atoms. The third-order valence-electron chi connectivity index (χ3n) is 2.87. The molecule has 3 nitrogen and oxygen atoms in total. The molecule has 0 bridgehead atoms. The lowest BCUT2D eigenvalue weighted by molar-refractivity contribution is 0.0951. The van der Waals surface area contributed by atoms with E-state index in [0.29, 0.717) is 22.7 Å². The molecule has 1 N–H and O–H groups in total. The maximum Gasteiger partial charge on any atom is 0.255 e. The minimum atomic E-state index is -0.0441. The van der Waals surface area contributed by atoms with Crippen LogP contribution in [0.1, 0.15) is 47.2 Å². The summed E-state index contributed by atoms with van der Waals surface area (Å²) in [5, 5.41) is 2.93. The minimum absolute atomic E-state index is 0.0441. The predicted octanol–water partition coefficient (Wildman–Crippen LogP) is 3.50. The average Bonchev–Trinajstić information content (AvgIpc) is 2.50. The molecule has 0 saturated heterocycles. The highest BCUT2D eigenvalue weighted by Crippen LogP contribution is 2.20. The van der Waals surface area contributed by atoms with Crippen LogP contribution in [-0.4, -0.2) is 17.3 Å². The highest BCUT2D eigenvalue weighted by atomic mass is 79.9. The first-order valence-corrected chi connectivity index (χ1v) is 6.87. The van der Waals surface area contributed by atoms with Crippen molar-refractivity contribution in [3.8, 4) is 0 Å². The van der Waals surface area contributed by atoms with Gasteiger partial charge in [0.2, 0.25) is 0 Å². The van der Waals surface area contributed by atoms with Crippen LogP contribution in [-0.2, 0) is 0 Å². The van der Waals surface area contributed by atoms with Crippen LogP contribution >= 0.6 is 15.9 Å². The molecule has 0 fully saturated rings. The maximum atomic E-state index is 12.0. The molecule has 4 heteroatoms. The quantitative estimate of drug-likeness (QED) is 0.846. The molecule has 1 unspecified atom stereocenters. The SMILES string of the molecule is CCCC(Br)CNC(=O)c1c(C)oc(C)c1C. The smallest absolute Gasteiger partial charge is 0.255 e. The molecule has 0 aliphatic rings. The zero-order valence-electron chi connectivity index (χ0n) is 10.9. The number of halogens is 1. The van der Waals surface area contributed by atoms with Crippen molar-refractivity contribution in [1.29, 1.82) is 0 Å². The molecule has 0 aromatic carbocycles. The molecule has 0 radical (unpaired) electrons. The van der Waals surface area contributed by atoms with E-state index in [1.165, 1.54) is 0 Å². The zero-order chi connectivity index (χ0) is 13.0. The summed E-state index contributed by atoms with van der Waals surface area (Å²) in [4.78, 5) is 12.4. The molecule has 1 aromatic heterocycles. The molecular formula is C13H20BrNO2. The topological polar surface area (TPSA) is 42.2 Å². The summed E-state index contributed by atoms with van der Waals surface area (Å²) >= 11 is 3.54. The molecule has 1 amide bonds. The van der Waals surface area contributed by atoms with Crippen molar-refractivity contribution in [3.05, 3.63) is 22.6 Å². The third kappa shape index (κ3) is 3.60. The van der Waals surface area contributed by atoms with Gasteiger partial charge in [0.25, 0.3) is 5.91 Å². The Morgan fingerprint density at radius 1 is 1.35 bits per heavy atom. The summed E-state index contributed by atoms with van der Waals surface area (Å²) in [7, 11) is 0. The van der Waals surface area contributed by atoms with Gasteiger partial charge in [-0.2, -0.15) is 0 Å². The number of furan rings is 1. The van der Waals surface area contributed by atoms with Gasteiger partial charge in [-0.25, -0.2) is 0 Å². The normalized spacial score (nSPS) is 12.5. The summed E-state index contributed by atoms with van der Waals surface area (Å²) < 4.78 is 5.45. The lowest BCUT2D eigenvalue weighted by Crippen LogP contribution is -2.30. The van der Waals surface area contributed by atoms with Crippen molar-refractivity contribution in [2.24, 2.45) is 0 Å². The Kier molecular flexibility index (Phi) is 5.25. The number of carbonyl (C=O) groups is 1. The van der Waals surface area contributed by atoms with E-state index in [-0.39, 0.29) is 5.91 Å². The number of rotatable bonds is 5. The number of nitrogens with one attached hydrogen (secondary N) is 1. The summed E-state index contributed by atoms with van der Waals surface area (Å²) in [6, 6.07) is 0. The van der Waals surface area contributed by atoms with Crippen molar-refractivity contribution in [3.63, 3.8) is 0 Å². The highest BCUT2D eigenvalue weighted by molar-refractivity contribution is 9.09. The van der Waals surface area contributed by atoms with E-state index in [2.05, 4.69) is 28.2 Å². The standard InChI is InChI=1S/C13H20BrNO2/c1-5-6-11(14)7-15-13(16)12-8(2)9(3)17-10(12)4/h11H,5-7H2,1-4H3,(H,15,16). The van der Waals surface area contributed by atoms with E-state index >= 15 is 0 Å². The number of aryl methyl sites for hydroxylation is 2. The monoisotopic (exact) mass is 301 g/mol. The fraction of sp³-hybridized carbons (Fsp3) is 0.615. The second kappa shape index (κ2) is 6.24. The van der Waals surface area contributed by atoms with Gasteiger partial charge in [-0.15, -0.1) is 0 Å². The summed E-state index contributed by atoms with van der Waals surface area (Å²) in [6.45, 7) is 8.40. The van der Waals surface area contributed by atoms with E-state index in [1.54, 1.807) is 0 Å². The van der Waals surface area contributed by atoms with Crippen LogP contribution in [0.5, 0.6) is 0 Å². The van der Waals surface area contributed by atoms with E-state index in [1.807, 2.05) is 20.8 Å². The lowest BCUT2D eigenvalue weighted by atomic mass is 10.1. The van der Waals surface area contributed by atoms with Gasteiger partial charge in [0.05, 0.1) is 5.56 Å². The van der Waals surface area contributed by atoms with Gasteiger partial charge in [-0.05, 0) is 27.2 Å². The Labute approximate surface area is 111 Å². The fourth-order valence-corrected chi connectivity index (χ4v) is 2.45. The Balaban J connectivity index is 2.64. The van der Waals surface area contributed by atoms with Crippen LogP contribution in [0.4, 0.5) is 0 Å². The molecule has 0 saturated carbocycles. The van der Waals surface area contributed by atoms with E-state index in [0.717, 1.165) is 24.2 Å². The maximum absolute atomic E-state index is 12.0. The Bertz CT molecular complexity index is 398. The first-order valence-electron chi connectivity index (χ1n) is 5.96. The van der Waals surface area contributed by atoms with Crippen LogP contribution in [0.2, 0.25) is 0 Å². The first kappa shape index (κ1) is 14.3. The van der Waals surface area contributed by atoms with Gasteiger partial charge in [0.15, 0.2) is 0 Å². The van der Waals surface area contributed by atoms with Gasteiger partial charge in [0, 0.05) is 16.9 Å². The zero-order valence-corrected chi connectivity index (χ0v) is 12.5. The molecular weight excluding hydrogens is 282 g/mol. The first-order chi connectivity index (χ1) is 7.97. The Morgan fingerprint density at radius 3 is 2.47 bits per heavy atom. The van der Waals surface area contributed by atoms with Crippen LogP contribution in [0.3, 0.4) is 0 Å². The Hall–Kier alpha value is -0.770. The van der Waals surface area contributed by atoms with Gasteiger partial charge in [-0.3, -0.25) is 4.79 Å². The average molecular weight is 302 g/mol. The van der Waals surface area contributed by atoms with E-state index < -0.39 is 0 Å². The largest absolute Gasteiger partial charge is 0.466 e. The molecule has 1 rings (SSSR count). The highest BCUT2D eigenvalue weighted by Gasteiger charge is 2.18. The van der Waals surface area contributed by atoms with Gasteiger partial charge >= 0.3 is 0 Å². The lowest BCUT2D eigenvalue weighted by Gasteiger charge is -2.10. The van der Waals surface area contributed by atoms with Crippen LogP contribution in [0.25, 0.3) is 0 Å². The van der Waals surface area contributed by atoms with Crippen molar-refractivity contribution in [2.75, 3.05) is 6.54 Å². The van der Waals surface area contributed by atoms with E-state index in [4.69, 9.17) is 4.42 Å². The molecule has 1 atom stereocenters. The second-order valence-electron chi connectivity index (χ2n) is 4.31.